The first-order valence-corrected chi connectivity index (χ1v) is 6.33. The van der Waals surface area contributed by atoms with Gasteiger partial charge in [-0.3, -0.25) is 0 Å². The summed E-state index contributed by atoms with van der Waals surface area (Å²) < 4.78 is 1.91. The number of para-hydroxylation sites is 1. The first kappa shape index (κ1) is 12.2. The van der Waals surface area contributed by atoms with Crippen molar-refractivity contribution in [3.8, 4) is 5.69 Å². The number of halogens is 1. The van der Waals surface area contributed by atoms with Crippen LogP contribution < -0.4 is 0 Å². The third kappa shape index (κ3) is 2.70. The molecule has 0 aliphatic carbocycles. The lowest BCUT2D eigenvalue weighted by molar-refractivity contribution is 0.509. The van der Waals surface area contributed by atoms with Gasteiger partial charge in [0.05, 0.1) is 11.9 Å². The molecule has 0 spiro atoms. The zero-order valence-electron chi connectivity index (χ0n) is 10.2. The summed E-state index contributed by atoms with van der Waals surface area (Å²) in [5.41, 5.74) is 2.39. The van der Waals surface area contributed by atoms with Crippen molar-refractivity contribution in [3.63, 3.8) is 0 Å². The van der Waals surface area contributed by atoms with Crippen molar-refractivity contribution in [1.29, 1.82) is 0 Å². The SMILES string of the molecule is CC(C)(CCCl)c1cnn(-c2ccccc2)c1. The largest absolute Gasteiger partial charge is 0.241 e. The van der Waals surface area contributed by atoms with Crippen LogP contribution in [-0.4, -0.2) is 15.7 Å². The molecule has 0 saturated heterocycles. The Kier molecular flexibility index (Phi) is 3.53. The second kappa shape index (κ2) is 4.92. The molecule has 0 N–H and O–H groups in total. The topological polar surface area (TPSA) is 17.8 Å². The summed E-state index contributed by atoms with van der Waals surface area (Å²) in [4.78, 5) is 0. The lowest BCUT2D eigenvalue weighted by Crippen LogP contribution is -2.16. The second-order valence-corrected chi connectivity index (χ2v) is 5.21. The number of alkyl halides is 1. The molecule has 1 heterocycles. The fraction of sp³-hybridized carbons (Fsp3) is 0.357. The van der Waals surface area contributed by atoms with Gasteiger partial charge >= 0.3 is 0 Å². The van der Waals surface area contributed by atoms with E-state index in [1.54, 1.807) is 0 Å². The van der Waals surface area contributed by atoms with E-state index in [2.05, 4.69) is 25.1 Å². The van der Waals surface area contributed by atoms with Crippen molar-refractivity contribution < 1.29 is 0 Å². The van der Waals surface area contributed by atoms with Crippen molar-refractivity contribution in [2.75, 3.05) is 5.88 Å². The molecule has 2 aromatic rings. The van der Waals surface area contributed by atoms with Crippen molar-refractivity contribution >= 4 is 11.6 Å². The maximum Gasteiger partial charge on any atom is 0.0645 e. The fourth-order valence-corrected chi connectivity index (χ4v) is 2.25. The molecule has 0 unspecified atom stereocenters. The van der Waals surface area contributed by atoms with Gasteiger partial charge in [0.15, 0.2) is 0 Å². The van der Waals surface area contributed by atoms with Crippen LogP contribution in [0.25, 0.3) is 5.69 Å². The monoisotopic (exact) mass is 248 g/mol. The molecule has 0 saturated carbocycles. The number of aromatic nitrogens is 2. The number of hydrogen-bond acceptors (Lipinski definition) is 1. The minimum atomic E-state index is 0.0782. The Morgan fingerprint density at radius 2 is 1.94 bits per heavy atom. The Labute approximate surface area is 107 Å². The molecule has 1 aromatic heterocycles. The first-order chi connectivity index (χ1) is 8.13. The minimum absolute atomic E-state index is 0.0782. The van der Waals surface area contributed by atoms with Crippen LogP contribution in [0.15, 0.2) is 42.7 Å². The van der Waals surface area contributed by atoms with Crippen molar-refractivity contribution in [2.24, 2.45) is 0 Å². The van der Waals surface area contributed by atoms with Crippen LogP contribution >= 0.6 is 11.6 Å². The molecule has 3 heteroatoms. The predicted octanol–water partition coefficient (Wildman–Crippen LogP) is 3.78. The lowest BCUT2D eigenvalue weighted by atomic mass is 9.84. The van der Waals surface area contributed by atoms with Crippen molar-refractivity contribution in [3.05, 3.63) is 48.3 Å². The van der Waals surface area contributed by atoms with E-state index in [-0.39, 0.29) is 5.41 Å². The average molecular weight is 249 g/mol. The summed E-state index contributed by atoms with van der Waals surface area (Å²) in [5.74, 6) is 0.670. The number of rotatable bonds is 4. The third-order valence-electron chi connectivity index (χ3n) is 3.10. The van der Waals surface area contributed by atoms with Gasteiger partial charge in [0.25, 0.3) is 0 Å². The van der Waals surface area contributed by atoms with Crippen LogP contribution in [0.2, 0.25) is 0 Å². The van der Waals surface area contributed by atoms with Gasteiger partial charge < -0.3 is 0 Å². The summed E-state index contributed by atoms with van der Waals surface area (Å²) >= 11 is 5.83. The molecule has 0 bridgehead atoms. The highest BCUT2D eigenvalue weighted by molar-refractivity contribution is 6.17. The molecule has 0 radical (unpaired) electrons. The Bertz CT molecular complexity index is 474. The Balaban J connectivity index is 2.28. The quantitative estimate of drug-likeness (QED) is 0.753. The summed E-state index contributed by atoms with van der Waals surface area (Å²) in [5, 5.41) is 4.41. The summed E-state index contributed by atoms with van der Waals surface area (Å²) in [6.45, 7) is 4.39. The third-order valence-corrected chi connectivity index (χ3v) is 3.29. The maximum absolute atomic E-state index is 5.83. The van der Waals surface area contributed by atoms with Gasteiger partial charge in [-0.15, -0.1) is 11.6 Å². The Morgan fingerprint density at radius 1 is 1.24 bits per heavy atom. The van der Waals surface area contributed by atoms with Crippen LogP contribution in [-0.2, 0) is 5.41 Å². The number of nitrogens with zero attached hydrogens (tertiary/aromatic N) is 2. The standard InChI is InChI=1S/C14H17ClN2/c1-14(2,8-9-15)12-10-16-17(11-12)13-6-4-3-5-7-13/h3-7,10-11H,8-9H2,1-2H3. The van der Waals surface area contributed by atoms with E-state index in [9.17, 15) is 0 Å². The van der Waals surface area contributed by atoms with E-state index in [0.29, 0.717) is 5.88 Å². The van der Waals surface area contributed by atoms with Crippen molar-refractivity contribution in [2.45, 2.75) is 25.7 Å². The van der Waals surface area contributed by atoms with Gasteiger partial charge in [-0.2, -0.15) is 5.10 Å². The average Bonchev–Trinajstić information content (AvgIpc) is 2.80. The summed E-state index contributed by atoms with van der Waals surface area (Å²) in [6.07, 6.45) is 4.97. The number of benzene rings is 1. The van der Waals surface area contributed by atoms with Gasteiger partial charge in [-0.1, -0.05) is 32.0 Å². The highest BCUT2D eigenvalue weighted by Gasteiger charge is 2.21. The van der Waals surface area contributed by atoms with Gasteiger partial charge in [-0.05, 0) is 29.5 Å². The summed E-state index contributed by atoms with van der Waals surface area (Å²) in [6, 6.07) is 10.1. The maximum atomic E-state index is 5.83. The zero-order valence-corrected chi connectivity index (χ0v) is 11.0. The molecule has 0 atom stereocenters. The molecule has 2 nitrogen and oxygen atoms in total. The smallest absolute Gasteiger partial charge is 0.0645 e. The fourth-order valence-electron chi connectivity index (χ4n) is 1.77. The number of hydrogen-bond donors (Lipinski definition) is 0. The zero-order chi connectivity index (χ0) is 12.3. The van der Waals surface area contributed by atoms with Crippen LogP contribution in [0.4, 0.5) is 0 Å². The van der Waals surface area contributed by atoms with Gasteiger partial charge in [0.1, 0.15) is 0 Å². The molecule has 0 amide bonds. The molecule has 90 valence electrons. The van der Waals surface area contributed by atoms with Crippen LogP contribution in [0, 0.1) is 0 Å². The van der Waals surface area contributed by atoms with Crippen LogP contribution in [0.3, 0.4) is 0 Å². The highest BCUT2D eigenvalue weighted by atomic mass is 35.5. The van der Waals surface area contributed by atoms with E-state index in [4.69, 9.17) is 11.6 Å². The second-order valence-electron chi connectivity index (χ2n) is 4.83. The molecular weight excluding hydrogens is 232 g/mol. The highest BCUT2D eigenvalue weighted by Crippen LogP contribution is 2.27. The summed E-state index contributed by atoms with van der Waals surface area (Å²) in [7, 11) is 0. The van der Waals surface area contributed by atoms with E-state index in [1.807, 2.05) is 41.2 Å². The molecule has 0 aliphatic rings. The lowest BCUT2D eigenvalue weighted by Gasteiger charge is -2.21. The molecule has 0 fully saturated rings. The normalized spacial score (nSPS) is 11.7. The molecule has 1 aromatic carbocycles. The predicted molar refractivity (Wildman–Crippen MR) is 71.9 cm³/mol. The van der Waals surface area contributed by atoms with E-state index < -0.39 is 0 Å². The minimum Gasteiger partial charge on any atom is -0.241 e. The van der Waals surface area contributed by atoms with Gasteiger partial charge in [0, 0.05) is 12.1 Å². The van der Waals surface area contributed by atoms with Crippen LogP contribution in [0.5, 0.6) is 0 Å². The Hall–Kier alpha value is -1.28. The molecule has 2 rings (SSSR count). The van der Waals surface area contributed by atoms with E-state index >= 15 is 0 Å². The molecule has 17 heavy (non-hydrogen) atoms. The van der Waals surface area contributed by atoms with E-state index in [0.717, 1.165) is 12.1 Å². The Morgan fingerprint density at radius 3 is 2.59 bits per heavy atom. The first-order valence-electron chi connectivity index (χ1n) is 5.80. The van der Waals surface area contributed by atoms with E-state index in [1.165, 1.54) is 5.56 Å². The molecular formula is C14H17ClN2. The van der Waals surface area contributed by atoms with Crippen molar-refractivity contribution in [1.82, 2.24) is 9.78 Å². The van der Waals surface area contributed by atoms with Gasteiger partial charge in [-0.25, -0.2) is 4.68 Å². The molecule has 0 aliphatic heterocycles. The van der Waals surface area contributed by atoms with Crippen LogP contribution in [0.1, 0.15) is 25.8 Å². The van der Waals surface area contributed by atoms with Gasteiger partial charge in [0.2, 0.25) is 0 Å².